The van der Waals surface area contributed by atoms with Gasteiger partial charge in [0.15, 0.2) is 23.8 Å². The summed E-state index contributed by atoms with van der Waals surface area (Å²) in [6, 6.07) is 0.0873. The Balaban J connectivity index is 1.05. The Labute approximate surface area is 263 Å². The molecule has 2 aromatic heterocycles. The van der Waals surface area contributed by atoms with Crippen molar-refractivity contribution in [3.05, 3.63) is 12.2 Å². The van der Waals surface area contributed by atoms with E-state index in [-0.39, 0.29) is 35.5 Å². The molecule has 2 aliphatic carbocycles. The average molecular weight is 624 g/mol. The molecule has 5 N–H and O–H groups in total. The molecule has 7 atom stereocenters. The molecular weight excluding hydrogens is 578 g/mol. The van der Waals surface area contributed by atoms with Crippen LogP contribution in [0.15, 0.2) is 6.33 Å². The molecule has 244 valence electrons. The number of nitrogens with one attached hydrogen (secondary N) is 1. The number of fused-ring (bicyclic) bond motifs is 1. The summed E-state index contributed by atoms with van der Waals surface area (Å²) in [7, 11) is 0. The minimum Gasteiger partial charge on any atom is -0.446 e. The van der Waals surface area contributed by atoms with Crippen LogP contribution in [0.4, 0.5) is 10.6 Å². The number of hydrogen-bond donors (Lipinski definition) is 4. The number of aliphatic hydroxyl groups excluding tert-OH is 2. The number of aliphatic hydroxyl groups is 2. The molecule has 13 heteroatoms. The Bertz CT molecular complexity index is 1460. The summed E-state index contributed by atoms with van der Waals surface area (Å²) in [6.45, 7) is 7.95. The first-order chi connectivity index (χ1) is 21.6. The van der Waals surface area contributed by atoms with Gasteiger partial charge in [-0.1, -0.05) is 33.1 Å². The quantitative estimate of drug-likeness (QED) is 0.349. The van der Waals surface area contributed by atoms with Crippen molar-refractivity contribution < 1.29 is 29.3 Å². The van der Waals surface area contributed by atoms with Gasteiger partial charge in [-0.25, -0.2) is 19.7 Å². The van der Waals surface area contributed by atoms with Crippen LogP contribution < -0.4 is 11.1 Å². The number of aromatic nitrogens is 4. The fourth-order valence-corrected chi connectivity index (χ4v) is 6.85. The molecule has 6 rings (SSSR count). The maximum atomic E-state index is 13.0. The van der Waals surface area contributed by atoms with Crippen molar-refractivity contribution in [3.8, 4) is 11.8 Å². The van der Waals surface area contributed by atoms with Gasteiger partial charge in [-0.15, -0.1) is 0 Å². The second-order valence-electron chi connectivity index (χ2n) is 13.7. The monoisotopic (exact) mass is 623 g/mol. The standard InChI is InChI=1S/C32H45N7O6/c1-17(2)21-10-7-18(3)15-22(21)44-32(43)38-13-11-19(12-14-38)5-4-6-23-36-28(33)24-29(37-23)39(16-34-24)31-26(41)25(40)27(45-31)30(42)35-20-8-9-20/h16-22,25-27,31,40-41H,5,7-15H2,1-3H3,(H,35,42)(H2,33,36,37)/t18?,21?,22?,25-,26?,27+,31-/m1/s1. The summed E-state index contributed by atoms with van der Waals surface area (Å²) in [5, 5.41) is 24.1. The van der Waals surface area contributed by atoms with E-state index in [0.717, 1.165) is 38.5 Å². The van der Waals surface area contributed by atoms with Crippen LogP contribution in [0.2, 0.25) is 0 Å². The number of carbonyl (C=O) groups excluding carboxylic acids is 2. The molecule has 2 aromatic rings. The Morgan fingerprint density at radius 3 is 2.60 bits per heavy atom. The van der Waals surface area contributed by atoms with Crippen molar-refractivity contribution in [3.63, 3.8) is 0 Å². The van der Waals surface area contributed by atoms with Crippen LogP contribution in [-0.2, 0) is 14.3 Å². The van der Waals surface area contributed by atoms with Gasteiger partial charge in [0.2, 0.25) is 5.82 Å². The molecule has 0 spiro atoms. The van der Waals surface area contributed by atoms with Crippen molar-refractivity contribution in [1.82, 2.24) is 29.7 Å². The van der Waals surface area contributed by atoms with E-state index in [1.165, 1.54) is 17.3 Å². The molecule has 2 amide bonds. The van der Waals surface area contributed by atoms with E-state index >= 15 is 0 Å². The zero-order valence-electron chi connectivity index (χ0n) is 26.3. The van der Waals surface area contributed by atoms with E-state index in [2.05, 4.69) is 52.9 Å². The molecule has 2 saturated heterocycles. The zero-order valence-corrected chi connectivity index (χ0v) is 26.3. The van der Waals surface area contributed by atoms with Crippen LogP contribution in [0, 0.1) is 35.5 Å². The van der Waals surface area contributed by atoms with Gasteiger partial charge in [-0.3, -0.25) is 9.36 Å². The maximum absolute atomic E-state index is 13.0. The van der Waals surface area contributed by atoms with Crippen molar-refractivity contribution in [1.29, 1.82) is 0 Å². The van der Waals surface area contributed by atoms with Crippen molar-refractivity contribution in [2.75, 3.05) is 18.8 Å². The Morgan fingerprint density at radius 1 is 1.13 bits per heavy atom. The molecule has 4 heterocycles. The van der Waals surface area contributed by atoms with Gasteiger partial charge < -0.3 is 35.6 Å². The van der Waals surface area contributed by atoms with Crippen LogP contribution in [0.25, 0.3) is 11.2 Å². The molecule has 0 radical (unpaired) electrons. The molecule has 0 aromatic carbocycles. The SMILES string of the molecule is CC1CCC(C(C)C)C(OC(=O)N2CCC(CC#Cc3nc(N)c4ncn([C@@H]5O[C@H](C(=O)NC6CC6)[C@H](O)C5O)c4n3)CC2)C1. The van der Waals surface area contributed by atoms with Gasteiger partial charge in [-0.05, 0) is 68.1 Å². The third kappa shape index (κ3) is 6.88. The normalized spacial score (nSPS) is 30.7. The zero-order chi connectivity index (χ0) is 31.8. The highest BCUT2D eigenvalue weighted by molar-refractivity contribution is 5.83. The average Bonchev–Trinajstić information content (AvgIpc) is 3.64. The third-order valence-electron chi connectivity index (χ3n) is 9.82. The summed E-state index contributed by atoms with van der Waals surface area (Å²) in [5.41, 5.74) is 6.75. The number of imidazole rings is 1. The van der Waals surface area contributed by atoms with Crippen LogP contribution in [-0.4, -0.2) is 90.2 Å². The van der Waals surface area contributed by atoms with E-state index in [0.29, 0.717) is 48.7 Å². The van der Waals surface area contributed by atoms with Crippen molar-refractivity contribution in [2.45, 2.75) is 109 Å². The van der Waals surface area contributed by atoms with Crippen LogP contribution in [0.5, 0.6) is 0 Å². The first-order valence-corrected chi connectivity index (χ1v) is 16.4. The number of amides is 2. The molecule has 2 aliphatic heterocycles. The van der Waals surface area contributed by atoms with Crippen LogP contribution in [0.3, 0.4) is 0 Å². The number of nitrogen functional groups attached to an aromatic ring is 1. The van der Waals surface area contributed by atoms with E-state index < -0.39 is 30.4 Å². The molecule has 0 bridgehead atoms. The lowest BCUT2D eigenvalue weighted by Gasteiger charge is -2.38. The van der Waals surface area contributed by atoms with E-state index in [9.17, 15) is 19.8 Å². The number of nitrogens with zero attached hydrogens (tertiary/aromatic N) is 5. The number of hydrogen-bond acceptors (Lipinski definition) is 10. The van der Waals surface area contributed by atoms with Crippen molar-refractivity contribution >= 4 is 29.0 Å². The Hall–Kier alpha value is -3.47. The van der Waals surface area contributed by atoms with Crippen LogP contribution >= 0.6 is 0 Å². The summed E-state index contributed by atoms with van der Waals surface area (Å²) < 4.78 is 13.3. The first-order valence-electron chi connectivity index (χ1n) is 16.4. The number of carbonyl (C=O) groups is 2. The molecule has 4 unspecified atom stereocenters. The fraction of sp³-hybridized carbons (Fsp3) is 0.719. The summed E-state index contributed by atoms with van der Waals surface area (Å²) in [5.74, 6) is 7.85. The Kier molecular flexibility index (Phi) is 9.17. The second kappa shape index (κ2) is 13.1. The predicted molar refractivity (Wildman–Crippen MR) is 164 cm³/mol. The first kappa shape index (κ1) is 31.5. The number of ether oxygens (including phenoxy) is 2. The lowest BCUT2D eigenvalue weighted by Crippen LogP contribution is -2.43. The summed E-state index contributed by atoms with van der Waals surface area (Å²) >= 11 is 0. The molecule has 4 fully saturated rings. The third-order valence-corrected chi connectivity index (χ3v) is 9.82. The minimum atomic E-state index is -1.41. The number of piperidine rings is 1. The summed E-state index contributed by atoms with van der Waals surface area (Å²) in [6.07, 6.45) is 3.40. The van der Waals surface area contributed by atoms with Gasteiger partial charge in [0.1, 0.15) is 23.8 Å². The number of nitrogens with two attached hydrogens (primary N) is 1. The highest BCUT2D eigenvalue weighted by Crippen LogP contribution is 2.36. The van der Waals surface area contributed by atoms with Gasteiger partial charge in [0.05, 0.1) is 6.33 Å². The van der Waals surface area contributed by atoms with Gasteiger partial charge in [0, 0.05) is 25.6 Å². The maximum Gasteiger partial charge on any atom is 0.410 e. The molecule has 2 saturated carbocycles. The van der Waals surface area contributed by atoms with E-state index in [1.807, 2.05) is 4.90 Å². The van der Waals surface area contributed by atoms with E-state index in [4.69, 9.17) is 15.2 Å². The number of rotatable bonds is 6. The topological polar surface area (TPSA) is 178 Å². The van der Waals surface area contributed by atoms with Gasteiger partial charge >= 0.3 is 6.09 Å². The smallest absolute Gasteiger partial charge is 0.410 e. The molecule has 4 aliphatic rings. The van der Waals surface area contributed by atoms with Gasteiger partial charge in [0.25, 0.3) is 5.91 Å². The number of anilines is 1. The molecule has 45 heavy (non-hydrogen) atoms. The highest BCUT2D eigenvalue weighted by atomic mass is 16.6. The van der Waals surface area contributed by atoms with Crippen molar-refractivity contribution in [2.24, 2.45) is 23.7 Å². The number of likely N-dealkylation sites (tertiary alicyclic amines) is 1. The predicted octanol–water partition coefficient (Wildman–Crippen LogP) is 2.36. The molecular formula is C32H45N7O6. The van der Waals surface area contributed by atoms with Gasteiger partial charge in [-0.2, -0.15) is 0 Å². The van der Waals surface area contributed by atoms with E-state index in [1.54, 1.807) is 0 Å². The second-order valence-corrected chi connectivity index (χ2v) is 13.7. The minimum absolute atomic E-state index is 0.00673. The largest absolute Gasteiger partial charge is 0.446 e. The highest BCUT2D eigenvalue weighted by Gasteiger charge is 2.48. The van der Waals surface area contributed by atoms with Crippen LogP contribution in [0.1, 0.15) is 84.2 Å². The molecule has 13 nitrogen and oxygen atoms in total. The Morgan fingerprint density at radius 2 is 1.89 bits per heavy atom. The summed E-state index contributed by atoms with van der Waals surface area (Å²) in [4.78, 5) is 40.4. The lowest BCUT2D eigenvalue weighted by molar-refractivity contribution is -0.137. The fourth-order valence-electron chi connectivity index (χ4n) is 6.85. The lowest BCUT2D eigenvalue weighted by atomic mass is 9.75.